The molecule has 1 heterocycles. The summed E-state index contributed by atoms with van der Waals surface area (Å²) in [6.45, 7) is 3.54. The zero-order valence-electron chi connectivity index (χ0n) is 13.7. The summed E-state index contributed by atoms with van der Waals surface area (Å²) in [6, 6.07) is 5.02. The van der Waals surface area contributed by atoms with E-state index in [1.807, 2.05) is 13.0 Å². The highest BCUT2D eigenvalue weighted by molar-refractivity contribution is 6.35. The van der Waals surface area contributed by atoms with Gasteiger partial charge in [0.15, 0.2) is 0 Å². The highest BCUT2D eigenvalue weighted by atomic mass is 35.5. The van der Waals surface area contributed by atoms with Crippen LogP contribution in [0, 0.1) is 12.9 Å². The normalized spacial score (nSPS) is 15.4. The lowest BCUT2D eigenvalue weighted by Crippen LogP contribution is -2.36. The Morgan fingerprint density at radius 2 is 2.08 bits per heavy atom. The molecule has 0 bridgehead atoms. The van der Waals surface area contributed by atoms with Crippen LogP contribution in [0.1, 0.15) is 47.4 Å². The molecule has 24 heavy (non-hydrogen) atoms. The predicted molar refractivity (Wildman–Crippen MR) is 92.0 cm³/mol. The molecule has 1 aromatic heterocycles. The molecule has 0 radical (unpaired) electrons. The molecule has 1 saturated carbocycles. The molecule has 1 aliphatic rings. The Morgan fingerprint density at radius 3 is 2.58 bits per heavy atom. The Bertz CT molecular complexity index is 801. The Hall–Kier alpha value is -1.59. The van der Waals surface area contributed by atoms with Crippen LogP contribution in [0.3, 0.4) is 0 Å². The number of hydrogen-bond donors (Lipinski definition) is 0. The van der Waals surface area contributed by atoms with E-state index >= 15 is 0 Å². The molecule has 128 valence electrons. The first-order valence-corrected chi connectivity index (χ1v) is 8.53. The molecule has 1 unspecified atom stereocenters. The summed E-state index contributed by atoms with van der Waals surface area (Å²) in [4.78, 5) is 14.7. The second kappa shape index (κ2) is 6.37. The number of hydrogen-bond acceptors (Lipinski definition) is 2. The molecule has 0 saturated heterocycles. The smallest absolute Gasteiger partial charge is 0.261 e. The SMILES string of the molecule is Cc1nn(C)c(F)c1C(=O)N(C1CC1)C(C)c1ccc(Cl)cc1Cl. The number of carbonyl (C=O) groups excluding carboxylic acids is 1. The van der Waals surface area contributed by atoms with Crippen molar-refractivity contribution >= 4 is 29.1 Å². The molecule has 1 aromatic carbocycles. The molecule has 7 heteroatoms. The van der Waals surface area contributed by atoms with Crippen molar-refractivity contribution in [3.63, 3.8) is 0 Å². The number of amides is 1. The van der Waals surface area contributed by atoms with Crippen LogP contribution in [0.4, 0.5) is 4.39 Å². The molecule has 4 nitrogen and oxygen atoms in total. The largest absolute Gasteiger partial charge is 0.329 e. The third-order valence-corrected chi connectivity index (χ3v) is 4.93. The minimum absolute atomic E-state index is 0.0290. The molecule has 0 spiro atoms. The van der Waals surface area contributed by atoms with Crippen LogP contribution < -0.4 is 0 Å². The zero-order valence-corrected chi connectivity index (χ0v) is 15.2. The topological polar surface area (TPSA) is 38.1 Å². The minimum atomic E-state index is -0.613. The second-order valence-corrected chi connectivity index (χ2v) is 7.00. The summed E-state index contributed by atoms with van der Waals surface area (Å²) in [5, 5.41) is 5.04. The van der Waals surface area contributed by atoms with Crippen molar-refractivity contribution in [1.29, 1.82) is 0 Å². The summed E-state index contributed by atoms with van der Waals surface area (Å²) in [5.41, 5.74) is 1.21. The number of benzene rings is 1. The summed E-state index contributed by atoms with van der Waals surface area (Å²) in [7, 11) is 1.49. The highest BCUT2D eigenvalue weighted by Gasteiger charge is 2.39. The van der Waals surface area contributed by atoms with Gasteiger partial charge in [-0.1, -0.05) is 29.3 Å². The Morgan fingerprint density at radius 1 is 1.42 bits per heavy atom. The standard InChI is InChI=1S/C17H18Cl2FN3O/c1-9-15(16(20)22(3)21-9)17(24)23(12-5-6-12)10(2)13-7-4-11(18)8-14(13)19/h4,7-8,10,12H,5-6H2,1-3H3. The average Bonchev–Trinajstić information content (AvgIpc) is 3.27. The maximum Gasteiger partial charge on any atom is 0.261 e. The second-order valence-electron chi connectivity index (χ2n) is 6.16. The number of nitrogens with zero attached hydrogens (tertiary/aromatic N) is 3. The van der Waals surface area contributed by atoms with Crippen LogP contribution >= 0.6 is 23.2 Å². The van der Waals surface area contributed by atoms with Gasteiger partial charge in [-0.2, -0.15) is 9.49 Å². The number of aryl methyl sites for hydroxylation is 2. The molecular weight excluding hydrogens is 352 g/mol. The van der Waals surface area contributed by atoms with Crippen molar-refractivity contribution in [2.24, 2.45) is 7.05 Å². The number of rotatable bonds is 4. The summed E-state index contributed by atoms with van der Waals surface area (Å²) in [6.07, 6.45) is 1.81. The molecule has 1 amide bonds. The molecular formula is C17H18Cl2FN3O. The van der Waals surface area contributed by atoms with Crippen molar-refractivity contribution in [2.75, 3.05) is 0 Å². The quantitative estimate of drug-likeness (QED) is 0.793. The molecule has 1 fully saturated rings. The van der Waals surface area contributed by atoms with E-state index in [1.165, 1.54) is 7.05 Å². The summed E-state index contributed by atoms with van der Waals surface area (Å²) >= 11 is 12.3. The fourth-order valence-corrected chi connectivity index (χ4v) is 3.57. The van der Waals surface area contributed by atoms with E-state index in [0.717, 1.165) is 23.1 Å². The summed E-state index contributed by atoms with van der Waals surface area (Å²) in [5.74, 6) is -0.961. The average molecular weight is 370 g/mol. The highest BCUT2D eigenvalue weighted by Crippen LogP contribution is 2.38. The molecule has 1 atom stereocenters. The fraction of sp³-hybridized carbons (Fsp3) is 0.412. The van der Waals surface area contributed by atoms with Crippen molar-refractivity contribution in [3.8, 4) is 0 Å². The molecule has 3 rings (SSSR count). The van der Waals surface area contributed by atoms with Crippen LogP contribution in [0.5, 0.6) is 0 Å². The van der Waals surface area contributed by atoms with E-state index in [2.05, 4.69) is 5.10 Å². The molecule has 1 aliphatic carbocycles. The Kier molecular flexibility index (Phi) is 4.58. The van der Waals surface area contributed by atoms with Gasteiger partial charge in [0.1, 0.15) is 5.56 Å². The number of halogens is 3. The van der Waals surface area contributed by atoms with Gasteiger partial charge in [-0.25, -0.2) is 4.68 Å². The monoisotopic (exact) mass is 369 g/mol. The van der Waals surface area contributed by atoms with Gasteiger partial charge in [0, 0.05) is 23.1 Å². The Balaban J connectivity index is 1.99. The summed E-state index contributed by atoms with van der Waals surface area (Å²) < 4.78 is 15.4. The first-order valence-electron chi connectivity index (χ1n) is 7.78. The van der Waals surface area contributed by atoms with Gasteiger partial charge in [-0.15, -0.1) is 0 Å². The van der Waals surface area contributed by atoms with Crippen LogP contribution in [-0.2, 0) is 7.05 Å². The number of carbonyl (C=O) groups is 1. The maximum atomic E-state index is 14.3. The van der Waals surface area contributed by atoms with E-state index in [9.17, 15) is 9.18 Å². The first kappa shape index (κ1) is 17.2. The molecule has 0 aliphatic heterocycles. The van der Waals surface area contributed by atoms with Crippen molar-refractivity contribution < 1.29 is 9.18 Å². The van der Waals surface area contributed by atoms with Crippen LogP contribution in [0.2, 0.25) is 10.0 Å². The van der Waals surface area contributed by atoms with Gasteiger partial charge >= 0.3 is 0 Å². The zero-order chi connectivity index (χ0) is 17.6. The van der Waals surface area contributed by atoms with Crippen LogP contribution in [0.15, 0.2) is 18.2 Å². The van der Waals surface area contributed by atoms with Gasteiger partial charge in [0.05, 0.1) is 11.7 Å². The lowest BCUT2D eigenvalue weighted by Gasteiger charge is -2.30. The van der Waals surface area contributed by atoms with Crippen LogP contribution in [0.25, 0.3) is 0 Å². The maximum absolute atomic E-state index is 14.3. The van der Waals surface area contributed by atoms with E-state index < -0.39 is 5.95 Å². The molecule has 0 N–H and O–H groups in total. The van der Waals surface area contributed by atoms with E-state index in [-0.39, 0.29) is 23.6 Å². The Labute approximate surface area is 150 Å². The molecule has 2 aromatic rings. The van der Waals surface area contributed by atoms with Gasteiger partial charge in [-0.3, -0.25) is 4.79 Å². The van der Waals surface area contributed by atoms with Gasteiger partial charge in [-0.05, 0) is 44.4 Å². The lowest BCUT2D eigenvalue weighted by molar-refractivity contribution is 0.0668. The van der Waals surface area contributed by atoms with Crippen molar-refractivity contribution in [1.82, 2.24) is 14.7 Å². The predicted octanol–water partition coefficient (Wildman–Crippen LogP) is 4.54. The first-order chi connectivity index (χ1) is 11.3. The van der Waals surface area contributed by atoms with Gasteiger partial charge in [0.2, 0.25) is 5.95 Å². The van der Waals surface area contributed by atoms with E-state index in [0.29, 0.717) is 15.7 Å². The minimum Gasteiger partial charge on any atom is -0.329 e. The number of aromatic nitrogens is 2. The van der Waals surface area contributed by atoms with Crippen LogP contribution in [-0.4, -0.2) is 26.6 Å². The van der Waals surface area contributed by atoms with E-state index in [4.69, 9.17) is 23.2 Å². The third-order valence-electron chi connectivity index (χ3n) is 4.37. The van der Waals surface area contributed by atoms with Gasteiger partial charge < -0.3 is 4.90 Å². The lowest BCUT2D eigenvalue weighted by atomic mass is 10.1. The third kappa shape index (κ3) is 3.03. The fourth-order valence-electron chi connectivity index (χ4n) is 3.00. The van der Waals surface area contributed by atoms with E-state index in [1.54, 1.807) is 24.0 Å². The van der Waals surface area contributed by atoms with Crippen molar-refractivity contribution in [2.45, 2.75) is 38.8 Å². The van der Waals surface area contributed by atoms with Gasteiger partial charge in [0.25, 0.3) is 5.91 Å². The van der Waals surface area contributed by atoms with Crippen molar-refractivity contribution in [3.05, 3.63) is 51.0 Å².